The predicted molar refractivity (Wildman–Crippen MR) is 79.7 cm³/mol. The molecular weight excluding hydrogens is 366 g/mol. The van der Waals surface area contributed by atoms with Gasteiger partial charge < -0.3 is 9.84 Å². The van der Waals surface area contributed by atoms with E-state index < -0.39 is 40.6 Å². The molecule has 0 aliphatic carbocycles. The fourth-order valence-electron chi connectivity index (χ4n) is 1.98. The summed E-state index contributed by atoms with van der Waals surface area (Å²) < 4.78 is 79.6. The van der Waals surface area contributed by atoms with E-state index >= 15 is 0 Å². The van der Waals surface area contributed by atoms with Gasteiger partial charge in [0.05, 0.1) is 17.5 Å². The second kappa shape index (κ2) is 7.38. The van der Waals surface area contributed by atoms with Gasteiger partial charge >= 0.3 is 6.36 Å². The molecule has 0 aromatic heterocycles. The molecule has 1 atom stereocenters. The highest BCUT2D eigenvalue weighted by atomic mass is 32.2. The lowest BCUT2D eigenvalue weighted by Crippen LogP contribution is -2.30. The lowest BCUT2D eigenvalue weighted by atomic mass is 10.1. The molecule has 0 fully saturated rings. The molecule has 25 heavy (non-hydrogen) atoms. The van der Waals surface area contributed by atoms with E-state index in [1.54, 1.807) is 0 Å². The van der Waals surface area contributed by atoms with Crippen molar-refractivity contribution in [3.8, 4) is 5.75 Å². The van der Waals surface area contributed by atoms with Crippen LogP contribution in [0.15, 0.2) is 53.4 Å². The van der Waals surface area contributed by atoms with Crippen LogP contribution in [0.4, 0.5) is 17.6 Å². The molecule has 2 N–H and O–H groups in total. The van der Waals surface area contributed by atoms with E-state index in [1.807, 2.05) is 0 Å². The number of hydrogen-bond donors (Lipinski definition) is 2. The normalized spacial score (nSPS) is 13.5. The second-order valence-corrected chi connectivity index (χ2v) is 6.64. The SMILES string of the molecule is O=S(=O)(N[C@@H](CO)c1ccc(F)cc1)c1ccc(OC(F)(F)F)cc1. The average Bonchev–Trinajstić information content (AvgIpc) is 2.52. The molecule has 0 bridgehead atoms. The van der Waals surface area contributed by atoms with Crippen LogP contribution in [0.25, 0.3) is 0 Å². The molecule has 0 heterocycles. The maximum absolute atomic E-state index is 12.9. The zero-order valence-corrected chi connectivity index (χ0v) is 13.3. The van der Waals surface area contributed by atoms with Gasteiger partial charge in [0.1, 0.15) is 11.6 Å². The van der Waals surface area contributed by atoms with Crippen LogP contribution >= 0.6 is 0 Å². The summed E-state index contributed by atoms with van der Waals surface area (Å²) in [5.74, 6) is -1.09. The van der Waals surface area contributed by atoms with Crippen LogP contribution in [-0.4, -0.2) is 26.5 Å². The molecule has 136 valence electrons. The van der Waals surface area contributed by atoms with E-state index in [4.69, 9.17) is 0 Å². The van der Waals surface area contributed by atoms with E-state index in [0.29, 0.717) is 5.56 Å². The molecule has 0 aliphatic heterocycles. The first-order chi connectivity index (χ1) is 11.6. The third-order valence-electron chi connectivity index (χ3n) is 3.12. The maximum Gasteiger partial charge on any atom is 0.573 e. The Morgan fingerprint density at radius 1 is 1.04 bits per heavy atom. The third kappa shape index (κ3) is 5.41. The minimum absolute atomic E-state index is 0.317. The van der Waals surface area contributed by atoms with Crippen LogP contribution in [-0.2, 0) is 10.0 Å². The molecule has 0 saturated carbocycles. The summed E-state index contributed by atoms with van der Waals surface area (Å²) in [4.78, 5) is -0.317. The van der Waals surface area contributed by atoms with Gasteiger partial charge in [-0.2, -0.15) is 0 Å². The number of alkyl halides is 3. The zero-order chi connectivity index (χ0) is 18.7. The summed E-state index contributed by atoms with van der Waals surface area (Å²) >= 11 is 0. The summed E-state index contributed by atoms with van der Waals surface area (Å²) in [6.07, 6.45) is -4.89. The first kappa shape index (κ1) is 19.2. The van der Waals surface area contributed by atoms with Crippen molar-refractivity contribution in [2.24, 2.45) is 0 Å². The largest absolute Gasteiger partial charge is 0.573 e. The molecule has 2 aromatic rings. The van der Waals surface area contributed by atoms with E-state index in [0.717, 1.165) is 36.4 Å². The topological polar surface area (TPSA) is 75.6 Å². The van der Waals surface area contributed by atoms with Gasteiger partial charge in [-0.1, -0.05) is 12.1 Å². The van der Waals surface area contributed by atoms with E-state index in [-0.39, 0.29) is 4.90 Å². The van der Waals surface area contributed by atoms with Crippen molar-refractivity contribution >= 4 is 10.0 Å². The fraction of sp³-hybridized carbons (Fsp3) is 0.200. The number of aliphatic hydroxyl groups excluding tert-OH is 1. The highest BCUT2D eigenvalue weighted by molar-refractivity contribution is 7.89. The first-order valence-corrected chi connectivity index (χ1v) is 8.33. The second-order valence-electron chi connectivity index (χ2n) is 4.93. The minimum atomic E-state index is -4.89. The van der Waals surface area contributed by atoms with E-state index in [9.17, 15) is 31.1 Å². The average molecular weight is 379 g/mol. The third-order valence-corrected chi connectivity index (χ3v) is 4.61. The summed E-state index contributed by atoms with van der Waals surface area (Å²) in [5.41, 5.74) is 0.324. The van der Waals surface area contributed by atoms with Crippen molar-refractivity contribution in [1.82, 2.24) is 4.72 Å². The first-order valence-electron chi connectivity index (χ1n) is 6.85. The van der Waals surface area contributed by atoms with Gasteiger partial charge in [0, 0.05) is 0 Å². The molecule has 0 spiro atoms. The summed E-state index contributed by atoms with van der Waals surface area (Å²) in [6, 6.07) is 7.35. The summed E-state index contributed by atoms with van der Waals surface area (Å²) in [6.45, 7) is -0.597. The Morgan fingerprint density at radius 3 is 2.08 bits per heavy atom. The van der Waals surface area contributed by atoms with Gasteiger partial charge in [-0.25, -0.2) is 17.5 Å². The molecule has 2 rings (SSSR count). The number of nitrogens with one attached hydrogen (secondary N) is 1. The number of aliphatic hydroxyl groups is 1. The number of rotatable bonds is 6. The van der Waals surface area contributed by atoms with Crippen LogP contribution in [0.1, 0.15) is 11.6 Å². The van der Waals surface area contributed by atoms with E-state index in [1.165, 1.54) is 12.1 Å². The van der Waals surface area contributed by atoms with Crippen LogP contribution in [0.2, 0.25) is 0 Å². The lowest BCUT2D eigenvalue weighted by Gasteiger charge is -2.17. The highest BCUT2D eigenvalue weighted by Gasteiger charge is 2.31. The number of halogens is 4. The quantitative estimate of drug-likeness (QED) is 0.757. The van der Waals surface area contributed by atoms with Crippen LogP contribution in [0, 0.1) is 5.82 Å². The number of ether oxygens (including phenoxy) is 1. The van der Waals surface area contributed by atoms with Crippen LogP contribution in [0.3, 0.4) is 0 Å². The smallest absolute Gasteiger partial charge is 0.406 e. The Labute approximate surface area is 140 Å². The Kier molecular flexibility index (Phi) is 5.65. The maximum atomic E-state index is 12.9. The zero-order valence-electron chi connectivity index (χ0n) is 12.5. The standard InChI is InChI=1S/C15H13F4NO4S/c16-11-3-1-10(2-4-11)14(9-21)20-25(22,23)13-7-5-12(6-8-13)24-15(17,18)19/h1-8,14,20-21H,9H2/t14-/m0/s1. The van der Waals surface area contributed by atoms with Gasteiger partial charge in [-0.05, 0) is 42.0 Å². The highest BCUT2D eigenvalue weighted by Crippen LogP contribution is 2.24. The van der Waals surface area contributed by atoms with Crippen molar-refractivity contribution in [1.29, 1.82) is 0 Å². The monoisotopic (exact) mass is 379 g/mol. The molecule has 0 saturated heterocycles. The molecule has 0 aliphatic rings. The van der Waals surface area contributed by atoms with E-state index in [2.05, 4.69) is 9.46 Å². The number of sulfonamides is 1. The Hall–Kier alpha value is -2.17. The molecular formula is C15H13F4NO4S. The van der Waals surface area contributed by atoms with Crippen LogP contribution in [0.5, 0.6) is 5.75 Å². The number of hydrogen-bond acceptors (Lipinski definition) is 4. The fourth-order valence-corrected chi connectivity index (χ4v) is 3.20. The van der Waals surface area contributed by atoms with Gasteiger partial charge in [-0.3, -0.25) is 0 Å². The molecule has 0 radical (unpaired) electrons. The van der Waals surface area contributed by atoms with Crippen molar-refractivity contribution in [3.63, 3.8) is 0 Å². The predicted octanol–water partition coefficient (Wildman–Crippen LogP) is 2.74. The van der Waals surface area contributed by atoms with Crippen molar-refractivity contribution in [3.05, 3.63) is 59.9 Å². The van der Waals surface area contributed by atoms with Crippen molar-refractivity contribution in [2.45, 2.75) is 17.3 Å². The molecule has 10 heteroatoms. The Morgan fingerprint density at radius 2 is 1.60 bits per heavy atom. The Bertz CT molecular complexity index is 805. The molecule has 0 amide bonds. The summed E-state index contributed by atoms with van der Waals surface area (Å²) in [7, 11) is -4.13. The van der Waals surface area contributed by atoms with Crippen LogP contribution < -0.4 is 9.46 Å². The van der Waals surface area contributed by atoms with Crippen molar-refractivity contribution in [2.75, 3.05) is 6.61 Å². The number of benzene rings is 2. The van der Waals surface area contributed by atoms with Gasteiger partial charge in [-0.15, -0.1) is 13.2 Å². The summed E-state index contributed by atoms with van der Waals surface area (Å²) in [5, 5.41) is 9.37. The molecule has 5 nitrogen and oxygen atoms in total. The van der Waals surface area contributed by atoms with Gasteiger partial charge in [0.15, 0.2) is 0 Å². The Balaban J connectivity index is 2.18. The molecule has 0 unspecified atom stereocenters. The van der Waals surface area contributed by atoms with Gasteiger partial charge in [0.2, 0.25) is 10.0 Å². The molecule has 2 aromatic carbocycles. The lowest BCUT2D eigenvalue weighted by molar-refractivity contribution is -0.274. The van der Waals surface area contributed by atoms with Gasteiger partial charge in [0.25, 0.3) is 0 Å². The van der Waals surface area contributed by atoms with Crippen molar-refractivity contribution < 1.29 is 35.8 Å². The minimum Gasteiger partial charge on any atom is -0.406 e.